The van der Waals surface area contributed by atoms with Gasteiger partial charge in [0.25, 0.3) is 0 Å². The lowest BCUT2D eigenvalue weighted by atomic mass is 10.1. The number of hydrogen-bond donors (Lipinski definition) is 0. The van der Waals surface area contributed by atoms with Gasteiger partial charge in [0.1, 0.15) is 23.2 Å². The number of carbonyl (C=O) groups excluding carboxylic acids is 2. The number of carbonyl (C=O) groups is 2. The minimum Gasteiger partial charge on any atom is -0.493 e. The van der Waals surface area contributed by atoms with E-state index in [4.69, 9.17) is 18.7 Å². The van der Waals surface area contributed by atoms with Crippen LogP contribution in [0.1, 0.15) is 77.8 Å². The van der Waals surface area contributed by atoms with Crippen LogP contribution in [0.25, 0.3) is 11.4 Å². The van der Waals surface area contributed by atoms with Gasteiger partial charge in [-0.1, -0.05) is 5.16 Å². The molecular formula is C26H33F3N4O6. The van der Waals surface area contributed by atoms with Crippen molar-refractivity contribution in [3.05, 3.63) is 29.7 Å². The SMILES string of the molecule is CC(=O)OCCCCOc1ccc(-c2noc([C@@H]3CCCN3/C(C)=N\C(=O)OC(C)(C)C)n2)cc1C(F)(F)F. The second-order valence-electron chi connectivity index (χ2n) is 10.1. The van der Waals surface area contributed by atoms with Crippen molar-refractivity contribution in [2.45, 2.75) is 78.1 Å². The maximum Gasteiger partial charge on any atom is 0.435 e. The Morgan fingerprint density at radius 1 is 1.15 bits per heavy atom. The van der Waals surface area contributed by atoms with Crippen LogP contribution < -0.4 is 4.74 Å². The normalized spacial score (nSPS) is 16.4. The van der Waals surface area contributed by atoms with Crippen LogP contribution in [0.15, 0.2) is 27.7 Å². The van der Waals surface area contributed by atoms with E-state index in [1.54, 1.807) is 27.7 Å². The molecule has 0 aliphatic carbocycles. The monoisotopic (exact) mass is 554 g/mol. The van der Waals surface area contributed by atoms with Crippen molar-refractivity contribution in [3.63, 3.8) is 0 Å². The van der Waals surface area contributed by atoms with E-state index in [1.165, 1.54) is 19.1 Å². The van der Waals surface area contributed by atoms with E-state index >= 15 is 0 Å². The number of amidine groups is 1. The number of ether oxygens (including phenoxy) is 3. The quantitative estimate of drug-likeness (QED) is 0.168. The number of rotatable bonds is 8. The highest BCUT2D eigenvalue weighted by Gasteiger charge is 2.36. The molecule has 1 aromatic carbocycles. The summed E-state index contributed by atoms with van der Waals surface area (Å²) in [6.45, 7) is 8.97. The van der Waals surface area contributed by atoms with Gasteiger partial charge < -0.3 is 23.6 Å². The van der Waals surface area contributed by atoms with Crippen molar-refractivity contribution >= 4 is 17.9 Å². The molecule has 2 aromatic rings. The van der Waals surface area contributed by atoms with Crippen LogP contribution >= 0.6 is 0 Å². The third kappa shape index (κ3) is 8.69. The number of nitrogens with zero attached hydrogens (tertiary/aromatic N) is 4. The Labute approximate surface area is 224 Å². The second kappa shape index (κ2) is 12.5. The highest BCUT2D eigenvalue weighted by Crippen LogP contribution is 2.39. The zero-order valence-corrected chi connectivity index (χ0v) is 22.6. The predicted octanol–water partition coefficient (Wildman–Crippen LogP) is 5.97. The van der Waals surface area contributed by atoms with Gasteiger partial charge in [-0.2, -0.15) is 23.1 Å². The van der Waals surface area contributed by atoms with Crippen molar-refractivity contribution in [1.82, 2.24) is 15.0 Å². The Kier molecular flexibility index (Phi) is 9.57. The van der Waals surface area contributed by atoms with E-state index in [0.29, 0.717) is 31.6 Å². The van der Waals surface area contributed by atoms with Gasteiger partial charge in [-0.05, 0) is 71.6 Å². The molecule has 0 unspecified atom stereocenters. The maximum atomic E-state index is 13.8. The average Bonchev–Trinajstić information content (AvgIpc) is 3.49. The lowest BCUT2D eigenvalue weighted by Crippen LogP contribution is -2.30. The molecule has 39 heavy (non-hydrogen) atoms. The van der Waals surface area contributed by atoms with Gasteiger partial charge >= 0.3 is 18.2 Å². The fraction of sp³-hybridized carbons (Fsp3) is 0.577. The summed E-state index contributed by atoms with van der Waals surface area (Å²) >= 11 is 0. The zero-order valence-electron chi connectivity index (χ0n) is 22.6. The Bertz CT molecular complexity index is 1190. The molecule has 0 N–H and O–H groups in total. The van der Waals surface area contributed by atoms with Crippen molar-refractivity contribution in [2.24, 2.45) is 4.99 Å². The number of benzene rings is 1. The Balaban J connectivity index is 1.73. The van der Waals surface area contributed by atoms with Crippen LogP contribution in [0.5, 0.6) is 5.75 Å². The smallest absolute Gasteiger partial charge is 0.435 e. The fourth-order valence-electron chi connectivity index (χ4n) is 4.00. The van der Waals surface area contributed by atoms with E-state index < -0.39 is 29.4 Å². The van der Waals surface area contributed by atoms with Crippen LogP contribution in [0.2, 0.25) is 0 Å². The highest BCUT2D eigenvalue weighted by atomic mass is 19.4. The summed E-state index contributed by atoms with van der Waals surface area (Å²) in [5.74, 6) is -0.112. The minimum absolute atomic E-state index is 0.00276. The molecule has 1 fully saturated rings. The van der Waals surface area contributed by atoms with Crippen molar-refractivity contribution in [1.29, 1.82) is 0 Å². The first-order valence-electron chi connectivity index (χ1n) is 12.6. The van der Waals surface area contributed by atoms with Crippen molar-refractivity contribution in [3.8, 4) is 17.1 Å². The summed E-state index contributed by atoms with van der Waals surface area (Å²) in [5, 5.41) is 3.90. The lowest BCUT2D eigenvalue weighted by molar-refractivity contribution is -0.141. The van der Waals surface area contributed by atoms with E-state index in [9.17, 15) is 22.8 Å². The van der Waals surface area contributed by atoms with Gasteiger partial charge in [0.2, 0.25) is 11.7 Å². The minimum atomic E-state index is -4.67. The number of unbranched alkanes of at least 4 members (excludes halogenated alkanes) is 1. The number of likely N-dealkylation sites (tertiary alicyclic amines) is 1. The van der Waals surface area contributed by atoms with Gasteiger partial charge in [0.15, 0.2) is 0 Å². The predicted molar refractivity (Wildman–Crippen MR) is 134 cm³/mol. The molecule has 214 valence electrons. The summed E-state index contributed by atoms with van der Waals surface area (Å²) in [6.07, 6.45) is -3.11. The lowest BCUT2D eigenvalue weighted by Gasteiger charge is -2.24. The Morgan fingerprint density at radius 2 is 1.87 bits per heavy atom. The van der Waals surface area contributed by atoms with Crippen molar-refractivity contribution < 1.29 is 41.5 Å². The van der Waals surface area contributed by atoms with Gasteiger partial charge in [-0.3, -0.25) is 4.79 Å². The number of hydrogen-bond acceptors (Lipinski definition) is 8. The molecule has 0 radical (unpaired) electrons. The number of aliphatic imine (C=N–C) groups is 1. The number of halogens is 3. The second-order valence-corrected chi connectivity index (χ2v) is 10.1. The summed E-state index contributed by atoms with van der Waals surface area (Å²) in [7, 11) is 0. The van der Waals surface area contributed by atoms with E-state index in [-0.39, 0.29) is 42.3 Å². The number of amides is 1. The molecular weight excluding hydrogens is 521 g/mol. The first-order valence-corrected chi connectivity index (χ1v) is 12.6. The maximum absolute atomic E-state index is 13.8. The standard InChI is InChI=1S/C26H33F3N4O6/c1-16(30-24(35)38-25(3,4)5)33-12-8-9-20(33)23-31-22(32-39-23)18-10-11-21(19(15-18)26(27,28)29)37-14-7-6-13-36-17(2)34/h10-11,15,20H,6-9,12-14H2,1-5H3/b30-16-/t20-/m0/s1. The molecule has 1 aromatic heterocycles. The third-order valence-corrected chi connectivity index (χ3v) is 5.69. The van der Waals surface area contributed by atoms with Gasteiger partial charge in [0, 0.05) is 19.0 Å². The molecule has 3 rings (SSSR count). The van der Waals surface area contributed by atoms with E-state index in [0.717, 1.165) is 12.5 Å². The first kappa shape index (κ1) is 29.9. The summed E-state index contributed by atoms with van der Waals surface area (Å²) in [6, 6.07) is 3.19. The summed E-state index contributed by atoms with van der Waals surface area (Å²) in [4.78, 5) is 33.1. The Morgan fingerprint density at radius 3 is 2.54 bits per heavy atom. The van der Waals surface area contributed by atoms with E-state index in [1.807, 2.05) is 4.90 Å². The summed E-state index contributed by atoms with van der Waals surface area (Å²) in [5.41, 5.74) is -1.54. The average molecular weight is 555 g/mol. The first-order chi connectivity index (χ1) is 18.2. The molecule has 1 aliphatic rings. The van der Waals surface area contributed by atoms with Gasteiger partial charge in [-0.25, -0.2) is 4.79 Å². The summed E-state index contributed by atoms with van der Waals surface area (Å²) < 4.78 is 62.2. The highest BCUT2D eigenvalue weighted by molar-refractivity contribution is 5.90. The molecule has 1 amide bonds. The number of esters is 1. The van der Waals surface area contributed by atoms with Crippen LogP contribution in [0, 0.1) is 0 Å². The molecule has 1 saturated heterocycles. The fourth-order valence-corrected chi connectivity index (χ4v) is 4.00. The molecule has 13 heteroatoms. The number of alkyl halides is 3. The van der Waals surface area contributed by atoms with Gasteiger partial charge in [0.05, 0.1) is 18.8 Å². The van der Waals surface area contributed by atoms with Crippen LogP contribution in [-0.2, 0) is 20.4 Å². The third-order valence-electron chi connectivity index (χ3n) is 5.69. The molecule has 1 aliphatic heterocycles. The largest absolute Gasteiger partial charge is 0.493 e. The molecule has 1 atom stereocenters. The zero-order chi connectivity index (χ0) is 28.8. The van der Waals surface area contributed by atoms with Crippen molar-refractivity contribution in [2.75, 3.05) is 19.8 Å². The molecule has 2 heterocycles. The molecule has 0 spiro atoms. The van der Waals surface area contributed by atoms with Crippen LogP contribution in [0.4, 0.5) is 18.0 Å². The van der Waals surface area contributed by atoms with Crippen LogP contribution in [-0.4, -0.2) is 58.3 Å². The molecule has 0 saturated carbocycles. The number of aromatic nitrogens is 2. The molecule has 0 bridgehead atoms. The van der Waals surface area contributed by atoms with E-state index in [2.05, 4.69) is 15.1 Å². The van der Waals surface area contributed by atoms with Crippen LogP contribution in [0.3, 0.4) is 0 Å². The topological polar surface area (TPSA) is 116 Å². The molecule has 10 nitrogen and oxygen atoms in total. The Hall–Kier alpha value is -3.64. The van der Waals surface area contributed by atoms with Gasteiger partial charge in [-0.15, -0.1) is 0 Å².